The van der Waals surface area contributed by atoms with E-state index < -0.39 is 21.7 Å². The van der Waals surface area contributed by atoms with Crippen LogP contribution in [0.25, 0.3) is 16.8 Å². The molecule has 4 rings (SSSR count). The van der Waals surface area contributed by atoms with Crippen molar-refractivity contribution in [3.8, 4) is 22.7 Å². The quantitative estimate of drug-likeness (QED) is 0.367. The molecule has 0 aliphatic rings. The van der Waals surface area contributed by atoms with Crippen molar-refractivity contribution in [2.75, 3.05) is 6.61 Å². The van der Waals surface area contributed by atoms with Gasteiger partial charge in [0.1, 0.15) is 5.56 Å². The number of aromatic hydroxyl groups is 1. The summed E-state index contributed by atoms with van der Waals surface area (Å²) in [6.07, 6.45) is 0. The second kappa shape index (κ2) is 9.13. The van der Waals surface area contributed by atoms with Crippen molar-refractivity contribution in [3.63, 3.8) is 0 Å². The number of carbonyl (C=O) groups excluding carboxylic acids is 1. The van der Waals surface area contributed by atoms with Gasteiger partial charge in [-0.2, -0.15) is 0 Å². The van der Waals surface area contributed by atoms with E-state index in [9.17, 15) is 18.3 Å². The third-order valence-electron chi connectivity index (χ3n) is 5.04. The zero-order chi connectivity index (χ0) is 23.6. The van der Waals surface area contributed by atoms with Crippen LogP contribution < -0.4 is 0 Å². The topological polar surface area (TPSA) is 85.6 Å². The number of halogens is 1. The Morgan fingerprint density at radius 3 is 2.09 bits per heavy atom. The molecule has 0 saturated heterocycles. The third-order valence-corrected chi connectivity index (χ3v) is 7.08. The largest absolute Gasteiger partial charge is 0.494 e. The summed E-state index contributed by atoms with van der Waals surface area (Å²) < 4.78 is 34.2. The highest BCUT2D eigenvalue weighted by atomic mass is 35.5. The van der Waals surface area contributed by atoms with Crippen molar-refractivity contribution in [2.45, 2.75) is 16.8 Å². The Hall–Kier alpha value is -3.55. The van der Waals surface area contributed by atoms with Gasteiger partial charge in [-0.3, -0.25) is 4.57 Å². The first-order valence-corrected chi connectivity index (χ1v) is 12.0. The summed E-state index contributed by atoms with van der Waals surface area (Å²) in [5.74, 6) is -1.37. The molecule has 1 aromatic heterocycles. The molecule has 8 heteroatoms. The molecule has 0 saturated carbocycles. The third kappa shape index (κ3) is 4.13. The molecule has 0 aliphatic heterocycles. The SMILES string of the molecule is CCOC(=O)c1c(-c2ccccc2)c(S(=O)(=O)c2ccccc2)n(-c2ccc(Cl)cc2)c1O. The van der Waals surface area contributed by atoms with E-state index in [1.807, 2.05) is 0 Å². The molecule has 0 amide bonds. The average Bonchev–Trinajstić information content (AvgIpc) is 3.14. The van der Waals surface area contributed by atoms with E-state index in [0.717, 1.165) is 4.57 Å². The Kier molecular flexibility index (Phi) is 6.26. The normalized spacial score (nSPS) is 11.3. The van der Waals surface area contributed by atoms with E-state index in [2.05, 4.69) is 0 Å². The molecule has 0 bridgehead atoms. The second-order valence-electron chi connectivity index (χ2n) is 7.09. The zero-order valence-electron chi connectivity index (χ0n) is 17.6. The predicted molar refractivity (Wildman–Crippen MR) is 126 cm³/mol. The Balaban J connectivity index is 2.17. The monoisotopic (exact) mass is 481 g/mol. The second-order valence-corrected chi connectivity index (χ2v) is 9.39. The van der Waals surface area contributed by atoms with Gasteiger partial charge in [-0.05, 0) is 48.9 Å². The van der Waals surface area contributed by atoms with Crippen molar-refractivity contribution in [3.05, 3.63) is 95.5 Å². The molecule has 3 aromatic carbocycles. The fraction of sp³-hybridized carbons (Fsp3) is 0.0800. The lowest BCUT2D eigenvalue weighted by Crippen LogP contribution is -2.10. The summed E-state index contributed by atoms with van der Waals surface area (Å²) in [5, 5.41) is 11.4. The summed E-state index contributed by atoms with van der Waals surface area (Å²) in [7, 11) is -4.19. The van der Waals surface area contributed by atoms with Crippen LogP contribution in [-0.4, -0.2) is 30.7 Å². The van der Waals surface area contributed by atoms with Gasteiger partial charge in [0, 0.05) is 16.3 Å². The Morgan fingerprint density at radius 1 is 0.939 bits per heavy atom. The van der Waals surface area contributed by atoms with Gasteiger partial charge in [0.15, 0.2) is 5.03 Å². The van der Waals surface area contributed by atoms with Gasteiger partial charge >= 0.3 is 5.97 Å². The van der Waals surface area contributed by atoms with Crippen LogP contribution in [0, 0.1) is 0 Å². The lowest BCUT2D eigenvalue weighted by molar-refractivity contribution is 0.0524. The van der Waals surface area contributed by atoms with E-state index in [0.29, 0.717) is 16.3 Å². The van der Waals surface area contributed by atoms with Crippen molar-refractivity contribution in [1.82, 2.24) is 4.57 Å². The molecule has 4 aromatic rings. The molecule has 1 heterocycles. The van der Waals surface area contributed by atoms with Gasteiger partial charge in [0.05, 0.1) is 11.5 Å². The van der Waals surface area contributed by atoms with E-state index in [1.165, 1.54) is 12.1 Å². The molecule has 0 fully saturated rings. The number of aromatic nitrogens is 1. The molecular weight excluding hydrogens is 462 g/mol. The van der Waals surface area contributed by atoms with E-state index >= 15 is 0 Å². The van der Waals surface area contributed by atoms with Gasteiger partial charge in [0.2, 0.25) is 15.7 Å². The highest BCUT2D eigenvalue weighted by Crippen LogP contribution is 2.43. The summed E-state index contributed by atoms with van der Waals surface area (Å²) in [5.41, 5.74) is 0.593. The van der Waals surface area contributed by atoms with E-state index in [-0.39, 0.29) is 27.7 Å². The molecule has 6 nitrogen and oxygen atoms in total. The fourth-order valence-electron chi connectivity index (χ4n) is 3.60. The molecular formula is C25H20ClNO5S. The molecule has 33 heavy (non-hydrogen) atoms. The first-order valence-electron chi connectivity index (χ1n) is 10.1. The number of nitrogens with zero attached hydrogens (tertiary/aromatic N) is 1. The Bertz CT molecular complexity index is 1400. The smallest absolute Gasteiger partial charge is 0.344 e. The summed E-state index contributed by atoms with van der Waals surface area (Å²) >= 11 is 6.02. The number of benzene rings is 3. The van der Waals surface area contributed by atoms with Crippen molar-refractivity contribution in [1.29, 1.82) is 0 Å². The van der Waals surface area contributed by atoms with Gasteiger partial charge in [0.25, 0.3) is 0 Å². The van der Waals surface area contributed by atoms with Crippen LogP contribution in [0.5, 0.6) is 5.88 Å². The lowest BCUT2D eigenvalue weighted by Gasteiger charge is -2.13. The average molecular weight is 482 g/mol. The van der Waals surface area contributed by atoms with Crippen molar-refractivity contribution >= 4 is 27.4 Å². The van der Waals surface area contributed by atoms with Gasteiger partial charge < -0.3 is 9.84 Å². The number of carbonyl (C=O) groups is 1. The molecule has 0 spiro atoms. The fourth-order valence-corrected chi connectivity index (χ4v) is 5.39. The number of ether oxygens (including phenoxy) is 1. The molecule has 1 N–H and O–H groups in total. The predicted octanol–water partition coefficient (Wildman–Crippen LogP) is 5.51. The van der Waals surface area contributed by atoms with Crippen molar-refractivity contribution < 1.29 is 23.1 Å². The van der Waals surface area contributed by atoms with Gasteiger partial charge in [-0.15, -0.1) is 0 Å². The minimum Gasteiger partial charge on any atom is -0.494 e. The van der Waals surface area contributed by atoms with Gasteiger partial charge in [-0.25, -0.2) is 13.2 Å². The van der Waals surface area contributed by atoms with E-state index in [4.69, 9.17) is 16.3 Å². The number of hydrogen-bond acceptors (Lipinski definition) is 5. The summed E-state index contributed by atoms with van der Waals surface area (Å²) in [6, 6.07) is 22.7. The summed E-state index contributed by atoms with van der Waals surface area (Å²) in [4.78, 5) is 13.0. The number of sulfone groups is 1. The lowest BCUT2D eigenvalue weighted by atomic mass is 10.0. The zero-order valence-corrected chi connectivity index (χ0v) is 19.2. The van der Waals surface area contributed by atoms with Gasteiger partial charge in [-0.1, -0.05) is 60.1 Å². The Labute approximate surface area is 196 Å². The van der Waals surface area contributed by atoms with Crippen LogP contribution in [0.1, 0.15) is 17.3 Å². The van der Waals surface area contributed by atoms with Crippen LogP contribution >= 0.6 is 11.6 Å². The highest BCUT2D eigenvalue weighted by molar-refractivity contribution is 7.91. The first-order chi connectivity index (χ1) is 15.9. The van der Waals surface area contributed by atoms with E-state index in [1.54, 1.807) is 79.7 Å². The maximum absolute atomic E-state index is 13.9. The maximum Gasteiger partial charge on any atom is 0.344 e. The summed E-state index contributed by atoms with van der Waals surface area (Å²) in [6.45, 7) is 1.69. The van der Waals surface area contributed by atoms with Crippen molar-refractivity contribution in [2.24, 2.45) is 0 Å². The molecule has 0 atom stereocenters. The highest BCUT2D eigenvalue weighted by Gasteiger charge is 2.36. The first kappa shape index (κ1) is 22.6. The number of hydrogen-bond donors (Lipinski definition) is 1. The minimum absolute atomic E-state index is 0.0188. The van der Waals surface area contributed by atoms with Crippen LogP contribution in [0.3, 0.4) is 0 Å². The van der Waals surface area contributed by atoms with Crippen LogP contribution in [0.4, 0.5) is 0 Å². The molecule has 168 valence electrons. The molecule has 0 aliphatic carbocycles. The van der Waals surface area contributed by atoms with Crippen LogP contribution in [-0.2, 0) is 14.6 Å². The van der Waals surface area contributed by atoms with Crippen LogP contribution in [0.15, 0.2) is 94.9 Å². The minimum atomic E-state index is -4.19. The molecule has 0 radical (unpaired) electrons. The standard InChI is InChI=1S/C25H20ClNO5S/c1-2-32-25(29)22-21(17-9-5-3-6-10-17)24(33(30,31)20-11-7-4-8-12-20)27(23(22)28)19-15-13-18(26)14-16-19/h3-16,28H,2H2,1H3. The maximum atomic E-state index is 13.9. The Morgan fingerprint density at radius 2 is 1.52 bits per heavy atom. The number of rotatable bonds is 6. The van der Waals surface area contributed by atoms with Crippen LogP contribution in [0.2, 0.25) is 5.02 Å². The number of esters is 1. The molecule has 0 unspecified atom stereocenters.